The van der Waals surface area contributed by atoms with Crippen molar-refractivity contribution in [1.29, 1.82) is 0 Å². The van der Waals surface area contributed by atoms with Gasteiger partial charge >= 0.3 is 5.97 Å². The second-order valence-electron chi connectivity index (χ2n) is 5.38. The van der Waals surface area contributed by atoms with Gasteiger partial charge in [0.15, 0.2) is 5.75 Å². The Morgan fingerprint density at radius 1 is 1.58 bits per heavy atom. The summed E-state index contributed by atoms with van der Waals surface area (Å²) in [4.78, 5) is 11.1. The van der Waals surface area contributed by atoms with E-state index in [0.29, 0.717) is 12.3 Å². The lowest BCUT2D eigenvalue weighted by Crippen LogP contribution is -2.24. The van der Waals surface area contributed by atoms with Crippen LogP contribution >= 0.6 is 0 Å². The predicted molar refractivity (Wildman–Crippen MR) is 71.5 cm³/mol. The average Bonchev–Trinajstić information content (AvgIpc) is 2.67. The van der Waals surface area contributed by atoms with Crippen LogP contribution in [0.5, 0.6) is 5.75 Å². The van der Waals surface area contributed by atoms with E-state index < -0.39 is 5.97 Å². The number of anilines is 1. The molecule has 5 nitrogen and oxygen atoms in total. The van der Waals surface area contributed by atoms with Crippen LogP contribution in [0.2, 0.25) is 0 Å². The van der Waals surface area contributed by atoms with E-state index in [0.717, 1.165) is 12.8 Å². The molecular weight excluding hydrogens is 246 g/mol. The van der Waals surface area contributed by atoms with E-state index in [2.05, 4.69) is 0 Å². The second-order valence-corrected chi connectivity index (χ2v) is 5.38. The summed E-state index contributed by atoms with van der Waals surface area (Å²) in [5.41, 5.74) is 6.05. The topological polar surface area (TPSA) is 81.8 Å². The van der Waals surface area contributed by atoms with E-state index >= 15 is 0 Å². The maximum Gasteiger partial charge on any atom is 0.339 e. The summed E-state index contributed by atoms with van der Waals surface area (Å²) in [6.07, 6.45) is 1.86. The maximum absolute atomic E-state index is 11.1. The van der Waals surface area contributed by atoms with E-state index in [1.807, 2.05) is 13.8 Å². The Bertz CT molecular complexity index is 484. The Balaban J connectivity index is 2.06. The molecule has 1 aliphatic heterocycles. The maximum atomic E-state index is 11.1. The smallest absolute Gasteiger partial charge is 0.339 e. The molecule has 0 bridgehead atoms. The zero-order chi connectivity index (χ0) is 14.0. The molecule has 1 fully saturated rings. The first kappa shape index (κ1) is 13.7. The Hall–Kier alpha value is -1.75. The van der Waals surface area contributed by atoms with Gasteiger partial charge in [-0.1, -0.05) is 6.07 Å². The molecule has 1 aromatic rings. The molecule has 0 saturated carbocycles. The minimum Gasteiger partial charge on any atom is -0.488 e. The van der Waals surface area contributed by atoms with Crippen molar-refractivity contribution in [2.24, 2.45) is 0 Å². The first-order valence-electron chi connectivity index (χ1n) is 6.31. The molecule has 0 radical (unpaired) electrons. The Labute approximate surface area is 112 Å². The number of hydrogen-bond acceptors (Lipinski definition) is 4. The first-order chi connectivity index (χ1) is 8.89. The largest absolute Gasteiger partial charge is 0.488 e. The van der Waals surface area contributed by atoms with Crippen LogP contribution in [-0.2, 0) is 4.74 Å². The highest BCUT2D eigenvalue weighted by Gasteiger charge is 2.32. The third-order valence-electron chi connectivity index (χ3n) is 3.24. The minimum absolute atomic E-state index is 0.0174. The summed E-state index contributed by atoms with van der Waals surface area (Å²) in [5.74, 6) is -0.821. The van der Waals surface area contributed by atoms with Crippen LogP contribution < -0.4 is 10.5 Å². The fraction of sp³-hybridized carbons (Fsp3) is 0.500. The number of nitrogen functional groups attached to an aromatic ring is 1. The minimum atomic E-state index is -1.05. The average molecular weight is 265 g/mol. The van der Waals surface area contributed by atoms with Crippen LogP contribution in [0.15, 0.2) is 18.2 Å². The Kier molecular flexibility index (Phi) is 3.66. The van der Waals surface area contributed by atoms with Crippen molar-refractivity contribution in [3.63, 3.8) is 0 Å². The van der Waals surface area contributed by atoms with Crippen LogP contribution in [0.25, 0.3) is 0 Å². The Morgan fingerprint density at radius 3 is 2.89 bits per heavy atom. The van der Waals surface area contributed by atoms with Crippen LogP contribution in [0.3, 0.4) is 0 Å². The summed E-state index contributed by atoms with van der Waals surface area (Å²) < 4.78 is 11.4. The molecule has 104 valence electrons. The first-order valence-corrected chi connectivity index (χ1v) is 6.31. The molecule has 0 amide bonds. The van der Waals surface area contributed by atoms with E-state index in [1.54, 1.807) is 12.1 Å². The number of carbonyl (C=O) groups is 1. The lowest BCUT2D eigenvalue weighted by molar-refractivity contribution is -0.0327. The van der Waals surface area contributed by atoms with Gasteiger partial charge in [0.25, 0.3) is 0 Å². The highest BCUT2D eigenvalue weighted by molar-refractivity contribution is 5.93. The number of aromatic carboxylic acids is 1. The lowest BCUT2D eigenvalue weighted by atomic mass is 10.1. The van der Waals surface area contributed by atoms with Crippen molar-refractivity contribution < 1.29 is 19.4 Å². The number of hydrogen-bond donors (Lipinski definition) is 2. The quantitative estimate of drug-likeness (QED) is 0.816. The Morgan fingerprint density at radius 2 is 2.32 bits per heavy atom. The third-order valence-corrected chi connectivity index (χ3v) is 3.24. The normalized spacial score (nSPS) is 21.3. The van der Waals surface area contributed by atoms with Gasteiger partial charge in [-0.15, -0.1) is 0 Å². The summed E-state index contributed by atoms with van der Waals surface area (Å²) >= 11 is 0. The standard InChI is InChI=1S/C14H19NO4/c1-14(2)7-6-9(19-14)8-18-12-10(13(16)17)4-3-5-11(12)15/h3-5,9H,6-8,15H2,1-2H3,(H,16,17). The highest BCUT2D eigenvalue weighted by Crippen LogP contribution is 2.31. The van der Waals surface area contributed by atoms with Crippen molar-refractivity contribution in [3.05, 3.63) is 23.8 Å². The van der Waals surface area contributed by atoms with E-state index in [4.69, 9.17) is 20.3 Å². The number of carboxylic acids is 1. The van der Waals surface area contributed by atoms with Gasteiger partial charge in [-0.25, -0.2) is 4.79 Å². The molecule has 0 aliphatic carbocycles. The summed E-state index contributed by atoms with van der Waals surface area (Å²) in [6, 6.07) is 4.70. The number of benzene rings is 1. The van der Waals surface area contributed by atoms with Gasteiger partial charge in [0.1, 0.15) is 12.2 Å². The van der Waals surface area contributed by atoms with Gasteiger partial charge in [-0.3, -0.25) is 0 Å². The number of carboxylic acid groups (broad SMARTS) is 1. The van der Waals surface area contributed by atoms with E-state index in [-0.39, 0.29) is 23.0 Å². The molecular formula is C14H19NO4. The van der Waals surface area contributed by atoms with Gasteiger partial charge in [-0.05, 0) is 38.8 Å². The van der Waals surface area contributed by atoms with E-state index in [1.165, 1.54) is 6.07 Å². The molecule has 1 atom stereocenters. The molecule has 1 aliphatic rings. The third kappa shape index (κ3) is 3.17. The van der Waals surface area contributed by atoms with Gasteiger partial charge in [0, 0.05) is 0 Å². The van der Waals surface area contributed by atoms with Crippen LogP contribution in [0, 0.1) is 0 Å². The molecule has 19 heavy (non-hydrogen) atoms. The number of rotatable bonds is 4. The van der Waals surface area contributed by atoms with Gasteiger partial charge in [0.2, 0.25) is 0 Å². The highest BCUT2D eigenvalue weighted by atomic mass is 16.6. The summed E-state index contributed by atoms with van der Waals surface area (Å²) in [7, 11) is 0. The molecule has 3 N–H and O–H groups in total. The summed E-state index contributed by atoms with van der Waals surface area (Å²) in [5, 5.41) is 9.10. The van der Waals surface area contributed by atoms with Crippen LogP contribution in [0.1, 0.15) is 37.0 Å². The monoisotopic (exact) mass is 265 g/mol. The lowest BCUT2D eigenvalue weighted by Gasteiger charge is -2.20. The van der Waals surface area contributed by atoms with Crippen LogP contribution in [0.4, 0.5) is 5.69 Å². The van der Waals surface area contributed by atoms with E-state index in [9.17, 15) is 4.79 Å². The molecule has 0 spiro atoms. The van der Waals surface area contributed by atoms with Crippen molar-refractivity contribution in [2.75, 3.05) is 12.3 Å². The van der Waals surface area contributed by atoms with Gasteiger partial charge < -0.3 is 20.3 Å². The van der Waals surface area contributed by atoms with Gasteiger partial charge in [-0.2, -0.15) is 0 Å². The SMILES string of the molecule is CC1(C)CCC(COc2c(N)cccc2C(=O)O)O1. The zero-order valence-electron chi connectivity index (χ0n) is 11.2. The second kappa shape index (κ2) is 5.09. The zero-order valence-corrected chi connectivity index (χ0v) is 11.2. The van der Waals surface area contributed by atoms with Gasteiger partial charge in [0.05, 0.1) is 17.4 Å². The molecule has 1 heterocycles. The molecule has 1 aromatic carbocycles. The molecule has 5 heteroatoms. The fourth-order valence-electron chi connectivity index (χ4n) is 2.26. The predicted octanol–water partition coefficient (Wildman–Crippen LogP) is 2.30. The molecule has 1 unspecified atom stereocenters. The summed E-state index contributed by atoms with van der Waals surface area (Å²) in [6.45, 7) is 4.39. The van der Waals surface area contributed by atoms with Crippen molar-refractivity contribution in [1.82, 2.24) is 0 Å². The molecule has 1 saturated heterocycles. The van der Waals surface area contributed by atoms with Crippen molar-refractivity contribution in [3.8, 4) is 5.75 Å². The number of nitrogens with two attached hydrogens (primary N) is 1. The van der Waals surface area contributed by atoms with Crippen molar-refractivity contribution >= 4 is 11.7 Å². The van der Waals surface area contributed by atoms with Crippen LogP contribution in [-0.4, -0.2) is 29.4 Å². The molecule has 0 aromatic heterocycles. The molecule has 2 rings (SSSR count). The number of para-hydroxylation sites is 1. The fourth-order valence-corrected chi connectivity index (χ4v) is 2.26. The number of ether oxygens (including phenoxy) is 2. The van der Waals surface area contributed by atoms with Crippen molar-refractivity contribution in [2.45, 2.75) is 38.4 Å².